The molecule has 0 saturated heterocycles. The molecule has 1 aliphatic rings. The van der Waals surface area contributed by atoms with Crippen molar-refractivity contribution in [3.8, 4) is 5.88 Å². The molecule has 27 heavy (non-hydrogen) atoms. The number of aromatic hydroxyl groups is 1. The number of hydrazone groups is 1. The number of hydrogen-bond donors (Lipinski definition) is 2. The van der Waals surface area contributed by atoms with Gasteiger partial charge in [0.05, 0.1) is 11.8 Å². The third-order valence-electron chi connectivity index (χ3n) is 4.80. The van der Waals surface area contributed by atoms with Crippen LogP contribution < -0.4 is 11.2 Å². The van der Waals surface area contributed by atoms with E-state index in [1.54, 1.807) is 0 Å². The van der Waals surface area contributed by atoms with E-state index in [1.807, 2.05) is 24.3 Å². The highest BCUT2D eigenvalue weighted by molar-refractivity contribution is 6.04. The zero-order valence-corrected chi connectivity index (χ0v) is 15.7. The van der Waals surface area contributed by atoms with E-state index in [0.29, 0.717) is 5.92 Å². The molecule has 8 heteroatoms. The highest BCUT2D eigenvalue weighted by Gasteiger charge is 2.34. The van der Waals surface area contributed by atoms with Crippen molar-refractivity contribution in [2.24, 2.45) is 12.1 Å². The molecule has 1 amide bonds. The molecule has 1 atom stereocenters. The summed E-state index contributed by atoms with van der Waals surface area (Å²) in [7, 11) is 1.34. The van der Waals surface area contributed by atoms with Gasteiger partial charge >= 0.3 is 5.69 Å². The van der Waals surface area contributed by atoms with E-state index in [1.165, 1.54) is 24.5 Å². The molecule has 2 heterocycles. The van der Waals surface area contributed by atoms with Crippen LogP contribution in [0.1, 0.15) is 55.8 Å². The third-order valence-corrected chi connectivity index (χ3v) is 4.80. The molecule has 3 rings (SSSR count). The van der Waals surface area contributed by atoms with Crippen LogP contribution in [0.2, 0.25) is 0 Å². The second-order valence-corrected chi connectivity index (χ2v) is 6.97. The quantitative estimate of drug-likeness (QED) is 0.855. The third kappa shape index (κ3) is 3.30. The van der Waals surface area contributed by atoms with Gasteiger partial charge in [-0.1, -0.05) is 38.1 Å². The van der Waals surface area contributed by atoms with Crippen molar-refractivity contribution >= 4 is 11.6 Å². The largest absolute Gasteiger partial charge is 0.494 e. The molecule has 1 unspecified atom stereocenters. The standard InChI is InChI=1S/C19H22N4O4/c1-10(2)12-5-7-13(8-6-12)15-9-14(21-23(15)11(3)24)16-17(25)20-19(27)22(4)18(16)26/h5-8,10,15,26H,9H2,1-4H3,(H,20,25,27). The summed E-state index contributed by atoms with van der Waals surface area (Å²) >= 11 is 0. The Balaban J connectivity index is 2.03. The molecule has 1 aliphatic heterocycles. The summed E-state index contributed by atoms with van der Waals surface area (Å²) < 4.78 is 0.933. The van der Waals surface area contributed by atoms with Gasteiger partial charge in [0.1, 0.15) is 5.56 Å². The van der Waals surface area contributed by atoms with Gasteiger partial charge in [-0.3, -0.25) is 19.1 Å². The number of benzene rings is 1. The van der Waals surface area contributed by atoms with Crippen LogP contribution in [0.3, 0.4) is 0 Å². The molecular weight excluding hydrogens is 348 g/mol. The van der Waals surface area contributed by atoms with Gasteiger partial charge in [-0.15, -0.1) is 0 Å². The Morgan fingerprint density at radius 1 is 1.26 bits per heavy atom. The fourth-order valence-corrected chi connectivity index (χ4v) is 3.18. The maximum atomic E-state index is 12.2. The Kier molecular flexibility index (Phi) is 4.73. The molecule has 0 spiro atoms. The smallest absolute Gasteiger partial charge is 0.330 e. The zero-order valence-electron chi connectivity index (χ0n) is 15.7. The number of nitrogens with one attached hydrogen (secondary N) is 1. The second-order valence-electron chi connectivity index (χ2n) is 6.97. The van der Waals surface area contributed by atoms with Gasteiger partial charge in [0.25, 0.3) is 5.56 Å². The number of carbonyl (C=O) groups is 1. The number of nitrogens with zero attached hydrogens (tertiary/aromatic N) is 3. The monoisotopic (exact) mass is 370 g/mol. The average molecular weight is 370 g/mol. The minimum atomic E-state index is -0.728. The summed E-state index contributed by atoms with van der Waals surface area (Å²) in [4.78, 5) is 38.1. The number of hydrogen-bond acceptors (Lipinski definition) is 5. The molecule has 2 N–H and O–H groups in total. The van der Waals surface area contributed by atoms with E-state index in [4.69, 9.17) is 0 Å². The fraction of sp³-hybridized carbons (Fsp3) is 0.368. The molecule has 1 aromatic heterocycles. The molecule has 0 saturated carbocycles. The number of carbonyl (C=O) groups excluding carboxylic acids is 1. The number of amides is 1. The van der Waals surface area contributed by atoms with E-state index >= 15 is 0 Å². The van der Waals surface area contributed by atoms with Crippen LogP contribution in [-0.2, 0) is 11.8 Å². The number of H-pyrrole nitrogens is 1. The Morgan fingerprint density at radius 3 is 2.44 bits per heavy atom. The van der Waals surface area contributed by atoms with Crippen molar-refractivity contribution in [1.82, 2.24) is 14.6 Å². The normalized spacial score (nSPS) is 16.7. The summed E-state index contributed by atoms with van der Waals surface area (Å²) in [5.74, 6) is -0.357. The summed E-state index contributed by atoms with van der Waals surface area (Å²) in [6, 6.07) is 7.52. The fourth-order valence-electron chi connectivity index (χ4n) is 3.18. The molecule has 142 valence electrons. The van der Waals surface area contributed by atoms with Gasteiger partial charge in [0, 0.05) is 20.4 Å². The lowest BCUT2D eigenvalue weighted by Gasteiger charge is -2.21. The SMILES string of the molecule is CC(=O)N1N=C(c2c(O)n(C)c(=O)[nH]c2=O)CC1c1ccc(C(C)C)cc1. The van der Waals surface area contributed by atoms with Gasteiger partial charge in [0.2, 0.25) is 11.8 Å². The zero-order chi connectivity index (χ0) is 19.9. The van der Waals surface area contributed by atoms with E-state index in [2.05, 4.69) is 23.9 Å². The Labute approximate surface area is 155 Å². The van der Waals surface area contributed by atoms with Gasteiger partial charge in [-0.25, -0.2) is 9.80 Å². The topological polar surface area (TPSA) is 108 Å². The first kappa shape index (κ1) is 18.6. The number of aromatic amines is 1. The molecule has 1 aromatic carbocycles. The van der Waals surface area contributed by atoms with Crippen LogP contribution in [0.25, 0.3) is 0 Å². The average Bonchev–Trinajstić information content (AvgIpc) is 3.05. The van der Waals surface area contributed by atoms with Gasteiger partial charge < -0.3 is 5.11 Å². The van der Waals surface area contributed by atoms with Crippen LogP contribution in [0.5, 0.6) is 5.88 Å². The minimum Gasteiger partial charge on any atom is -0.494 e. The summed E-state index contributed by atoms with van der Waals surface area (Å²) in [6.45, 7) is 5.59. The van der Waals surface area contributed by atoms with Crippen LogP contribution in [-0.4, -0.2) is 31.3 Å². The maximum absolute atomic E-state index is 12.2. The van der Waals surface area contributed by atoms with Gasteiger partial charge in [-0.05, 0) is 17.0 Å². The lowest BCUT2D eigenvalue weighted by Crippen LogP contribution is -2.32. The van der Waals surface area contributed by atoms with E-state index < -0.39 is 17.1 Å². The van der Waals surface area contributed by atoms with E-state index in [-0.39, 0.29) is 29.6 Å². The minimum absolute atomic E-state index is 0.0929. The molecule has 0 aliphatic carbocycles. The van der Waals surface area contributed by atoms with E-state index in [0.717, 1.165) is 10.1 Å². The molecule has 8 nitrogen and oxygen atoms in total. The summed E-state index contributed by atoms with van der Waals surface area (Å²) in [6.07, 6.45) is 0.259. The Morgan fingerprint density at radius 2 is 1.89 bits per heavy atom. The molecule has 0 fully saturated rings. The maximum Gasteiger partial charge on any atom is 0.330 e. The van der Waals surface area contributed by atoms with E-state index in [9.17, 15) is 19.5 Å². The highest BCUT2D eigenvalue weighted by Crippen LogP contribution is 2.34. The molecule has 0 bridgehead atoms. The second kappa shape index (κ2) is 6.86. The van der Waals surface area contributed by atoms with Crippen molar-refractivity contribution < 1.29 is 9.90 Å². The van der Waals surface area contributed by atoms with Crippen molar-refractivity contribution in [2.75, 3.05) is 0 Å². The molecule has 0 radical (unpaired) electrons. The number of aromatic nitrogens is 2. The van der Waals surface area contributed by atoms with Crippen molar-refractivity contribution in [2.45, 2.75) is 39.2 Å². The first-order chi connectivity index (χ1) is 12.7. The first-order valence-electron chi connectivity index (χ1n) is 8.70. The van der Waals surface area contributed by atoms with Crippen molar-refractivity contribution in [3.05, 3.63) is 61.8 Å². The lowest BCUT2D eigenvalue weighted by atomic mass is 9.96. The van der Waals surface area contributed by atoms with Crippen LogP contribution in [0.15, 0.2) is 39.0 Å². The van der Waals surface area contributed by atoms with Crippen LogP contribution in [0.4, 0.5) is 0 Å². The van der Waals surface area contributed by atoms with Crippen LogP contribution >= 0.6 is 0 Å². The lowest BCUT2D eigenvalue weighted by molar-refractivity contribution is -0.130. The van der Waals surface area contributed by atoms with Crippen molar-refractivity contribution in [3.63, 3.8) is 0 Å². The Hall–Kier alpha value is -3.16. The van der Waals surface area contributed by atoms with Gasteiger partial charge in [-0.2, -0.15) is 5.10 Å². The summed E-state index contributed by atoms with van der Waals surface area (Å²) in [5, 5.41) is 15.8. The number of rotatable bonds is 3. The molecule has 2 aromatic rings. The Bertz CT molecular complexity index is 1030. The first-order valence-corrected chi connectivity index (χ1v) is 8.70. The van der Waals surface area contributed by atoms with Crippen molar-refractivity contribution in [1.29, 1.82) is 0 Å². The predicted octanol–water partition coefficient (Wildman–Crippen LogP) is 1.60. The summed E-state index contributed by atoms with van der Waals surface area (Å²) in [5.41, 5.74) is 0.786. The van der Waals surface area contributed by atoms with Crippen LogP contribution in [0, 0.1) is 0 Å². The molecular formula is C19H22N4O4. The van der Waals surface area contributed by atoms with Gasteiger partial charge in [0.15, 0.2) is 0 Å². The predicted molar refractivity (Wildman–Crippen MR) is 101 cm³/mol. The highest BCUT2D eigenvalue weighted by atomic mass is 16.3.